The molecule has 156 valence electrons. The molecule has 3 aromatic heterocycles. The summed E-state index contributed by atoms with van der Waals surface area (Å²) in [6, 6.07) is 15.0. The topological polar surface area (TPSA) is 114 Å². The average Bonchev–Trinajstić information content (AvgIpc) is 3.36. The molecule has 1 aromatic carbocycles. The van der Waals surface area contributed by atoms with Crippen molar-refractivity contribution in [2.24, 2.45) is 5.73 Å². The van der Waals surface area contributed by atoms with E-state index in [1.807, 2.05) is 47.9 Å². The maximum atomic E-state index is 11.7. The fraction of sp³-hybridized carbons (Fsp3) is 0.174. The molecule has 3 heterocycles. The Morgan fingerprint density at radius 2 is 2.16 bits per heavy atom. The predicted octanol–water partition coefficient (Wildman–Crippen LogP) is 3.59. The number of nitriles is 1. The van der Waals surface area contributed by atoms with Crippen molar-refractivity contribution >= 4 is 22.9 Å². The lowest BCUT2D eigenvalue weighted by atomic mass is 10.0. The van der Waals surface area contributed by atoms with E-state index in [9.17, 15) is 15.2 Å². The van der Waals surface area contributed by atoms with Crippen molar-refractivity contribution in [1.29, 1.82) is 5.26 Å². The van der Waals surface area contributed by atoms with Crippen LogP contribution in [0.5, 0.6) is 5.75 Å². The molecule has 0 unspecified atom stereocenters. The van der Waals surface area contributed by atoms with Crippen molar-refractivity contribution < 1.29 is 14.6 Å². The van der Waals surface area contributed by atoms with Gasteiger partial charge < -0.3 is 15.6 Å². The minimum absolute atomic E-state index is 0.0469. The van der Waals surface area contributed by atoms with Crippen LogP contribution in [0, 0.1) is 11.3 Å². The van der Waals surface area contributed by atoms with Gasteiger partial charge in [-0.25, -0.2) is 4.98 Å². The largest absolute Gasteiger partial charge is 0.485 e. The number of fused-ring (bicyclic) bond motifs is 1. The first-order valence-corrected chi connectivity index (χ1v) is 10.5. The van der Waals surface area contributed by atoms with Gasteiger partial charge in [0, 0.05) is 17.8 Å². The van der Waals surface area contributed by atoms with E-state index in [4.69, 9.17) is 10.5 Å². The molecule has 31 heavy (non-hydrogen) atoms. The molecule has 1 amide bonds. The first-order chi connectivity index (χ1) is 15.0. The molecule has 4 aromatic rings. The number of imidazole rings is 1. The number of aromatic nitrogens is 2. The Hall–Kier alpha value is -3.67. The number of hydrogen-bond donors (Lipinski definition) is 2. The molecule has 0 saturated carbocycles. The van der Waals surface area contributed by atoms with Crippen LogP contribution in [0.2, 0.25) is 0 Å². The number of rotatable bonds is 7. The van der Waals surface area contributed by atoms with E-state index >= 15 is 0 Å². The third-order valence-corrected chi connectivity index (χ3v) is 6.07. The number of amides is 1. The Kier molecular flexibility index (Phi) is 5.71. The second-order valence-corrected chi connectivity index (χ2v) is 8.20. The number of pyridine rings is 1. The van der Waals surface area contributed by atoms with Gasteiger partial charge in [0.05, 0.1) is 46.3 Å². The van der Waals surface area contributed by atoms with Gasteiger partial charge in [0.2, 0.25) is 5.91 Å². The first-order valence-electron chi connectivity index (χ1n) is 9.64. The van der Waals surface area contributed by atoms with Crippen molar-refractivity contribution in [2.45, 2.75) is 26.1 Å². The summed E-state index contributed by atoms with van der Waals surface area (Å²) in [5.74, 6) is 0.0938. The monoisotopic (exact) mass is 432 g/mol. The van der Waals surface area contributed by atoms with Crippen molar-refractivity contribution in [3.05, 3.63) is 76.4 Å². The SMILES string of the molecule is C[C@@H](Oc1cc(-c2cnc3ccc(CO)cn23)sc1CC(N)=O)c1ccccc1C#N. The Bertz CT molecular complexity index is 1300. The molecule has 4 rings (SSSR count). The molecule has 0 aliphatic heterocycles. The summed E-state index contributed by atoms with van der Waals surface area (Å²) in [5.41, 5.74) is 9.10. The number of ether oxygens (including phenoxy) is 1. The lowest BCUT2D eigenvalue weighted by molar-refractivity contribution is -0.117. The van der Waals surface area contributed by atoms with E-state index < -0.39 is 12.0 Å². The molecular weight excluding hydrogens is 412 g/mol. The Morgan fingerprint density at radius 3 is 2.90 bits per heavy atom. The molecule has 0 aliphatic carbocycles. The summed E-state index contributed by atoms with van der Waals surface area (Å²) in [6.45, 7) is 1.79. The number of nitrogens with two attached hydrogens (primary N) is 1. The smallest absolute Gasteiger partial charge is 0.222 e. The Balaban J connectivity index is 1.74. The van der Waals surface area contributed by atoms with Gasteiger partial charge in [-0.15, -0.1) is 11.3 Å². The van der Waals surface area contributed by atoms with E-state index in [0.29, 0.717) is 16.2 Å². The summed E-state index contributed by atoms with van der Waals surface area (Å²) in [4.78, 5) is 17.6. The third-order valence-electron chi connectivity index (χ3n) is 4.93. The summed E-state index contributed by atoms with van der Waals surface area (Å²) in [5, 5.41) is 18.9. The predicted molar refractivity (Wildman–Crippen MR) is 118 cm³/mol. The number of carbonyl (C=O) groups is 1. The molecule has 0 bridgehead atoms. The maximum absolute atomic E-state index is 11.7. The molecule has 0 saturated heterocycles. The van der Waals surface area contributed by atoms with E-state index in [-0.39, 0.29) is 13.0 Å². The van der Waals surface area contributed by atoms with E-state index in [1.165, 1.54) is 11.3 Å². The van der Waals surface area contributed by atoms with Crippen molar-refractivity contribution in [2.75, 3.05) is 0 Å². The molecule has 8 heteroatoms. The fourth-order valence-electron chi connectivity index (χ4n) is 3.43. The van der Waals surface area contributed by atoms with Gasteiger partial charge in [-0.1, -0.05) is 24.3 Å². The highest BCUT2D eigenvalue weighted by Crippen LogP contribution is 2.39. The van der Waals surface area contributed by atoms with Crippen LogP contribution in [-0.2, 0) is 17.8 Å². The molecule has 7 nitrogen and oxygen atoms in total. The van der Waals surface area contributed by atoms with Gasteiger partial charge in [-0.3, -0.25) is 9.20 Å². The quantitative estimate of drug-likeness (QED) is 0.463. The molecule has 0 radical (unpaired) electrons. The molecule has 0 spiro atoms. The molecule has 0 fully saturated rings. The van der Waals surface area contributed by atoms with Crippen LogP contribution in [-0.4, -0.2) is 20.4 Å². The highest BCUT2D eigenvalue weighted by Gasteiger charge is 2.20. The van der Waals surface area contributed by atoms with Crippen molar-refractivity contribution in [1.82, 2.24) is 9.38 Å². The first kappa shape index (κ1) is 20.6. The van der Waals surface area contributed by atoms with E-state index in [0.717, 1.165) is 27.3 Å². The Morgan fingerprint density at radius 1 is 1.35 bits per heavy atom. The van der Waals surface area contributed by atoms with Gasteiger partial charge in [0.1, 0.15) is 17.5 Å². The summed E-state index contributed by atoms with van der Waals surface area (Å²) >= 11 is 1.41. The van der Waals surface area contributed by atoms with E-state index in [1.54, 1.807) is 18.3 Å². The van der Waals surface area contributed by atoms with Gasteiger partial charge >= 0.3 is 0 Å². The third kappa shape index (κ3) is 4.14. The highest BCUT2D eigenvalue weighted by molar-refractivity contribution is 7.15. The minimum Gasteiger partial charge on any atom is -0.485 e. The van der Waals surface area contributed by atoms with Gasteiger partial charge in [-0.2, -0.15) is 5.26 Å². The lowest BCUT2D eigenvalue weighted by Crippen LogP contribution is -2.14. The van der Waals surface area contributed by atoms with Crippen LogP contribution in [0.15, 0.2) is 54.9 Å². The number of aliphatic hydroxyl groups is 1. The molecule has 0 aliphatic rings. The summed E-state index contributed by atoms with van der Waals surface area (Å²) < 4.78 is 8.08. The fourth-order valence-corrected chi connectivity index (χ4v) is 4.54. The van der Waals surface area contributed by atoms with Crippen molar-refractivity contribution in [3.63, 3.8) is 0 Å². The van der Waals surface area contributed by atoms with Crippen LogP contribution in [0.1, 0.15) is 34.6 Å². The zero-order chi connectivity index (χ0) is 22.0. The van der Waals surface area contributed by atoms with Crippen LogP contribution in [0.3, 0.4) is 0 Å². The lowest BCUT2D eigenvalue weighted by Gasteiger charge is -2.16. The summed E-state index contributed by atoms with van der Waals surface area (Å²) in [6.07, 6.45) is 3.23. The molecule has 3 N–H and O–H groups in total. The second kappa shape index (κ2) is 8.60. The number of nitrogens with zero attached hydrogens (tertiary/aromatic N) is 3. The normalized spacial score (nSPS) is 11.9. The van der Waals surface area contributed by atoms with Gasteiger partial charge in [0.15, 0.2) is 0 Å². The number of benzene rings is 1. The highest BCUT2D eigenvalue weighted by atomic mass is 32.1. The van der Waals surface area contributed by atoms with Gasteiger partial charge in [-0.05, 0) is 24.6 Å². The molecular formula is C23H20N4O3S. The number of carbonyl (C=O) groups excluding carboxylic acids is 1. The number of thiophene rings is 1. The Labute approximate surface area is 183 Å². The number of aliphatic hydroxyl groups excluding tert-OH is 1. The van der Waals surface area contributed by atoms with Crippen LogP contribution in [0.4, 0.5) is 0 Å². The standard InChI is InChI=1S/C23H20N4O3S/c1-14(17-5-3-2-4-16(17)10-24)30-19-8-20(31-21(19)9-22(25)29)18-11-26-23-7-6-15(13-28)12-27(18)23/h2-8,11-12,14,28H,9,13H2,1H3,(H2,25,29)/t14-/m1/s1. The van der Waals surface area contributed by atoms with Crippen LogP contribution in [0.25, 0.3) is 16.2 Å². The van der Waals surface area contributed by atoms with Gasteiger partial charge in [0.25, 0.3) is 0 Å². The number of hydrogen-bond acceptors (Lipinski definition) is 6. The maximum Gasteiger partial charge on any atom is 0.222 e. The zero-order valence-electron chi connectivity index (χ0n) is 16.8. The number of primary amides is 1. The molecule has 1 atom stereocenters. The van der Waals surface area contributed by atoms with E-state index in [2.05, 4.69) is 11.1 Å². The van der Waals surface area contributed by atoms with Crippen LogP contribution < -0.4 is 10.5 Å². The zero-order valence-corrected chi connectivity index (χ0v) is 17.6. The average molecular weight is 433 g/mol. The van der Waals surface area contributed by atoms with Crippen LogP contribution >= 0.6 is 11.3 Å². The minimum atomic E-state index is -0.455. The van der Waals surface area contributed by atoms with Crippen molar-refractivity contribution in [3.8, 4) is 22.4 Å². The second-order valence-electron chi connectivity index (χ2n) is 7.07. The summed E-state index contributed by atoms with van der Waals surface area (Å²) in [7, 11) is 0.